The van der Waals surface area contributed by atoms with Crippen molar-refractivity contribution in [2.24, 2.45) is 5.92 Å². The minimum absolute atomic E-state index is 0.0505. The van der Waals surface area contributed by atoms with Crippen molar-refractivity contribution in [2.75, 3.05) is 24.5 Å². The lowest BCUT2D eigenvalue weighted by molar-refractivity contribution is 0.0701. The van der Waals surface area contributed by atoms with Crippen LogP contribution in [0.15, 0.2) is 35.0 Å². The number of carbonyl (C=O) groups is 1. The van der Waals surface area contributed by atoms with Crippen LogP contribution in [0.4, 0.5) is 5.82 Å². The number of hydrogen-bond acceptors (Lipinski definition) is 6. The van der Waals surface area contributed by atoms with Gasteiger partial charge < -0.3 is 14.3 Å². The molecular formula is C20H20ClN5O2. The Bertz CT molecular complexity index is 1050. The number of halogens is 1. The number of aromatic nitrogens is 3. The van der Waals surface area contributed by atoms with Crippen LogP contribution in [0.25, 0.3) is 11.0 Å². The Labute approximate surface area is 167 Å². The van der Waals surface area contributed by atoms with Crippen LogP contribution in [0.3, 0.4) is 0 Å². The average Bonchev–Trinajstić information content (AvgIpc) is 3.33. The first kappa shape index (κ1) is 17.4. The molecule has 2 aliphatic heterocycles. The Hall–Kier alpha value is -2.67. The summed E-state index contributed by atoms with van der Waals surface area (Å²) in [7, 11) is 0. The fourth-order valence-corrected chi connectivity index (χ4v) is 4.51. The molecule has 5 rings (SSSR count). The highest BCUT2D eigenvalue weighted by molar-refractivity contribution is 6.31. The third-order valence-electron chi connectivity index (χ3n) is 5.79. The minimum atomic E-state index is -0.0505. The Morgan fingerprint density at radius 3 is 2.89 bits per heavy atom. The van der Waals surface area contributed by atoms with E-state index >= 15 is 0 Å². The number of likely N-dealkylation sites (tertiary alicyclic amines) is 1. The molecule has 0 radical (unpaired) electrons. The summed E-state index contributed by atoms with van der Waals surface area (Å²) < 4.78 is 5.09. The van der Waals surface area contributed by atoms with Gasteiger partial charge in [0.25, 0.3) is 5.91 Å². The van der Waals surface area contributed by atoms with E-state index in [4.69, 9.17) is 21.1 Å². The molecule has 0 spiro atoms. The summed E-state index contributed by atoms with van der Waals surface area (Å²) in [6.07, 6.45) is 3.86. The summed E-state index contributed by atoms with van der Waals surface area (Å²) >= 11 is 6.04. The molecular weight excluding hydrogens is 378 g/mol. The Morgan fingerprint density at radius 1 is 1.21 bits per heavy atom. The summed E-state index contributed by atoms with van der Waals surface area (Å²) in [6, 6.07) is 7.39. The number of nitrogens with zero attached hydrogens (tertiary/aromatic N) is 5. The number of fused-ring (bicyclic) bond motifs is 2. The van der Waals surface area contributed by atoms with E-state index in [9.17, 15) is 4.79 Å². The third kappa shape index (κ3) is 2.99. The second-order valence-electron chi connectivity index (χ2n) is 7.53. The Morgan fingerprint density at radius 2 is 2.07 bits per heavy atom. The molecule has 3 aromatic rings. The van der Waals surface area contributed by atoms with Gasteiger partial charge in [-0.3, -0.25) is 9.78 Å². The van der Waals surface area contributed by atoms with Gasteiger partial charge in [-0.25, -0.2) is 4.98 Å². The SMILES string of the molecule is Cc1cc(C(=O)N2CCC3CCN(c4cnc5cc(Cl)ccc5n4)CC32)no1. The summed E-state index contributed by atoms with van der Waals surface area (Å²) in [4.78, 5) is 26.4. The topological polar surface area (TPSA) is 75.4 Å². The van der Waals surface area contributed by atoms with Gasteiger partial charge in [-0.1, -0.05) is 16.8 Å². The molecule has 2 atom stereocenters. The van der Waals surface area contributed by atoms with E-state index < -0.39 is 0 Å². The number of piperidine rings is 1. The highest BCUT2D eigenvalue weighted by atomic mass is 35.5. The molecule has 28 heavy (non-hydrogen) atoms. The molecule has 2 fully saturated rings. The number of hydrogen-bond donors (Lipinski definition) is 0. The van der Waals surface area contributed by atoms with E-state index in [-0.39, 0.29) is 11.9 Å². The molecule has 4 heterocycles. The highest BCUT2D eigenvalue weighted by Crippen LogP contribution is 2.34. The van der Waals surface area contributed by atoms with Crippen molar-refractivity contribution >= 4 is 34.4 Å². The van der Waals surface area contributed by atoms with E-state index in [2.05, 4.69) is 15.0 Å². The fraction of sp³-hybridized carbons (Fsp3) is 0.400. The monoisotopic (exact) mass is 397 g/mol. The normalized spacial score (nSPS) is 21.9. The lowest BCUT2D eigenvalue weighted by Crippen LogP contribution is -2.50. The van der Waals surface area contributed by atoms with Crippen molar-refractivity contribution in [1.82, 2.24) is 20.0 Å². The molecule has 0 bridgehead atoms. The third-order valence-corrected chi connectivity index (χ3v) is 6.02. The first-order chi connectivity index (χ1) is 13.6. The van der Waals surface area contributed by atoms with Gasteiger partial charge in [-0.15, -0.1) is 0 Å². The van der Waals surface area contributed by atoms with Crippen LogP contribution in [-0.2, 0) is 0 Å². The lowest BCUT2D eigenvalue weighted by Gasteiger charge is -2.38. The van der Waals surface area contributed by atoms with Crippen LogP contribution in [0.2, 0.25) is 5.02 Å². The summed E-state index contributed by atoms with van der Waals surface area (Å²) in [5, 5.41) is 4.55. The summed E-state index contributed by atoms with van der Waals surface area (Å²) in [5.74, 6) is 1.95. The molecule has 2 aromatic heterocycles. The van der Waals surface area contributed by atoms with Crippen molar-refractivity contribution in [2.45, 2.75) is 25.8 Å². The number of rotatable bonds is 2. The molecule has 0 aliphatic carbocycles. The number of anilines is 1. The van der Waals surface area contributed by atoms with E-state index in [0.717, 1.165) is 49.3 Å². The Kier molecular flexibility index (Phi) is 4.19. The van der Waals surface area contributed by atoms with Gasteiger partial charge in [0.1, 0.15) is 11.6 Å². The van der Waals surface area contributed by atoms with E-state index in [1.165, 1.54) is 0 Å². The summed E-state index contributed by atoms with van der Waals surface area (Å²) in [5.41, 5.74) is 1.99. The molecule has 2 aliphatic rings. The number of benzene rings is 1. The molecule has 2 unspecified atom stereocenters. The van der Waals surface area contributed by atoms with Gasteiger partial charge in [-0.2, -0.15) is 0 Å². The standard InChI is InChI=1S/C20H20ClN5O2/c1-12-8-17(24-28-12)20(27)26-7-5-13-4-6-25(11-18(13)26)19-10-22-16-9-14(21)2-3-15(16)23-19/h2-3,8-10,13,18H,4-7,11H2,1H3. The zero-order valence-corrected chi connectivity index (χ0v) is 16.3. The molecule has 2 saturated heterocycles. The van der Waals surface area contributed by atoms with Crippen LogP contribution in [0, 0.1) is 12.8 Å². The largest absolute Gasteiger partial charge is 0.361 e. The molecule has 1 amide bonds. The minimum Gasteiger partial charge on any atom is -0.361 e. The molecule has 7 nitrogen and oxygen atoms in total. The maximum atomic E-state index is 12.9. The molecule has 0 N–H and O–H groups in total. The van der Waals surface area contributed by atoms with Crippen molar-refractivity contribution in [3.05, 3.63) is 46.9 Å². The lowest BCUT2D eigenvalue weighted by atomic mass is 9.92. The number of aryl methyl sites for hydroxylation is 1. The number of carbonyl (C=O) groups excluding carboxylic acids is 1. The maximum absolute atomic E-state index is 12.9. The van der Waals surface area contributed by atoms with Crippen molar-refractivity contribution in [3.63, 3.8) is 0 Å². The van der Waals surface area contributed by atoms with Gasteiger partial charge in [0.05, 0.1) is 23.3 Å². The number of amides is 1. The van der Waals surface area contributed by atoms with Crippen molar-refractivity contribution in [1.29, 1.82) is 0 Å². The smallest absolute Gasteiger partial charge is 0.276 e. The van der Waals surface area contributed by atoms with Gasteiger partial charge in [-0.05, 0) is 43.9 Å². The maximum Gasteiger partial charge on any atom is 0.276 e. The zero-order chi connectivity index (χ0) is 19.3. The van der Waals surface area contributed by atoms with Crippen LogP contribution in [0.1, 0.15) is 29.1 Å². The fourth-order valence-electron chi connectivity index (χ4n) is 4.34. The quantitative estimate of drug-likeness (QED) is 0.660. The average molecular weight is 398 g/mol. The predicted molar refractivity (Wildman–Crippen MR) is 106 cm³/mol. The molecule has 1 aromatic carbocycles. The Balaban J connectivity index is 1.39. The second-order valence-corrected chi connectivity index (χ2v) is 7.97. The molecule has 8 heteroatoms. The molecule has 144 valence electrons. The van der Waals surface area contributed by atoms with Gasteiger partial charge in [0.2, 0.25) is 0 Å². The van der Waals surface area contributed by atoms with Crippen LogP contribution < -0.4 is 4.90 Å². The van der Waals surface area contributed by atoms with E-state index in [1.54, 1.807) is 19.2 Å². The van der Waals surface area contributed by atoms with Gasteiger partial charge in [0.15, 0.2) is 5.69 Å². The predicted octanol–water partition coefficient (Wildman–Crippen LogP) is 3.32. The second kappa shape index (κ2) is 6.74. The van der Waals surface area contributed by atoms with Crippen LogP contribution in [0.5, 0.6) is 0 Å². The van der Waals surface area contributed by atoms with Crippen molar-refractivity contribution in [3.8, 4) is 0 Å². The van der Waals surface area contributed by atoms with Gasteiger partial charge in [0, 0.05) is 30.7 Å². The zero-order valence-electron chi connectivity index (χ0n) is 15.5. The van der Waals surface area contributed by atoms with Crippen LogP contribution >= 0.6 is 11.6 Å². The molecule has 0 saturated carbocycles. The van der Waals surface area contributed by atoms with Crippen LogP contribution in [-0.4, -0.2) is 51.6 Å². The first-order valence-electron chi connectivity index (χ1n) is 9.50. The summed E-state index contributed by atoms with van der Waals surface area (Å²) in [6.45, 7) is 4.22. The van der Waals surface area contributed by atoms with Crippen molar-refractivity contribution < 1.29 is 9.32 Å². The van der Waals surface area contributed by atoms with E-state index in [1.807, 2.05) is 23.1 Å². The van der Waals surface area contributed by atoms with Gasteiger partial charge >= 0.3 is 0 Å². The highest BCUT2D eigenvalue weighted by Gasteiger charge is 2.41. The van der Waals surface area contributed by atoms with E-state index in [0.29, 0.717) is 22.4 Å². The first-order valence-corrected chi connectivity index (χ1v) is 9.88.